The van der Waals surface area contributed by atoms with E-state index >= 15 is 0 Å². The summed E-state index contributed by atoms with van der Waals surface area (Å²) in [6, 6.07) is 0. The second-order valence-corrected chi connectivity index (χ2v) is 22.9. The average molecular weight is 513 g/mol. The molecule has 0 aromatic heterocycles. The molecule has 4 aliphatic carbocycles. The van der Waals surface area contributed by atoms with Crippen LogP contribution in [0.25, 0.3) is 0 Å². The van der Waals surface area contributed by atoms with Crippen LogP contribution in [0, 0.1) is 23.7 Å². The third kappa shape index (κ3) is 3.68. The predicted octanol–water partition coefficient (Wildman–Crippen LogP) is 2.22. The molecule has 0 amide bonds. The molecule has 1 saturated heterocycles. The van der Waals surface area contributed by atoms with Gasteiger partial charge in [0.2, 0.25) is 0 Å². The zero-order chi connectivity index (χ0) is 18.8. The largest absolute Gasteiger partial charge is 1.00 e. The third-order valence-corrected chi connectivity index (χ3v) is 26.5. The quantitative estimate of drug-likeness (QED) is 0.533. The number of hydrogen-bond donors (Lipinski definition) is 0. The van der Waals surface area contributed by atoms with Crippen molar-refractivity contribution in [3.63, 3.8) is 0 Å². The van der Waals surface area contributed by atoms with E-state index in [4.69, 9.17) is 0 Å². The van der Waals surface area contributed by atoms with E-state index in [1.807, 2.05) is 0 Å². The van der Waals surface area contributed by atoms with Crippen LogP contribution in [0.3, 0.4) is 0 Å². The van der Waals surface area contributed by atoms with Crippen molar-refractivity contribution in [1.29, 1.82) is 0 Å². The van der Waals surface area contributed by atoms with Gasteiger partial charge in [0.15, 0.2) is 0 Å². The molecular formula is C26H38Cl2Zr. The van der Waals surface area contributed by atoms with E-state index in [1.165, 1.54) is 12.8 Å². The SMILES string of the molecule is CC1=CC=C(C)C2C1CC[CH]2[Zr+2]1([CH]2CCC3C(C)=CC=C(C)C32)[CH2]CC[CH2]1.[Cl-].[Cl-]. The Balaban J connectivity index is 0.00000120. The van der Waals surface area contributed by atoms with Crippen LogP contribution in [0.5, 0.6) is 0 Å². The molecule has 0 spiro atoms. The van der Waals surface area contributed by atoms with E-state index in [0.717, 1.165) is 30.9 Å². The monoisotopic (exact) mass is 510 g/mol. The Morgan fingerprint density at radius 1 is 0.586 bits per heavy atom. The Labute approximate surface area is 196 Å². The maximum Gasteiger partial charge on any atom is -1.00 e. The summed E-state index contributed by atoms with van der Waals surface area (Å²) in [6.07, 6.45) is 19.2. The molecule has 6 atom stereocenters. The molecule has 1 heterocycles. The van der Waals surface area contributed by atoms with E-state index in [2.05, 4.69) is 52.0 Å². The average Bonchev–Trinajstić information content (AvgIpc) is 3.38. The number of allylic oxidation sites excluding steroid dienone is 8. The number of fused-ring (bicyclic) bond motifs is 2. The molecule has 5 rings (SSSR count). The first-order valence-corrected chi connectivity index (χ1v) is 18.0. The summed E-state index contributed by atoms with van der Waals surface area (Å²) in [6.45, 7) is 9.80. The van der Waals surface area contributed by atoms with Gasteiger partial charge in [-0.3, -0.25) is 0 Å². The second kappa shape index (κ2) is 9.12. The van der Waals surface area contributed by atoms with E-state index in [1.54, 1.807) is 56.2 Å². The molecule has 0 aromatic rings. The molecular weight excluding hydrogens is 474 g/mol. The van der Waals surface area contributed by atoms with E-state index < -0.39 is 20.3 Å². The molecule has 0 aromatic carbocycles. The van der Waals surface area contributed by atoms with Gasteiger partial charge in [0.1, 0.15) is 0 Å². The predicted molar refractivity (Wildman–Crippen MR) is 114 cm³/mol. The Bertz CT molecular complexity index is 695. The molecule has 160 valence electrons. The van der Waals surface area contributed by atoms with Crippen LogP contribution >= 0.6 is 0 Å². The van der Waals surface area contributed by atoms with Crippen molar-refractivity contribution in [2.45, 2.75) is 81.7 Å². The van der Waals surface area contributed by atoms with Gasteiger partial charge < -0.3 is 24.8 Å². The van der Waals surface area contributed by atoms with Gasteiger partial charge >= 0.3 is 172 Å². The van der Waals surface area contributed by atoms with Gasteiger partial charge in [-0.2, -0.15) is 0 Å². The van der Waals surface area contributed by atoms with Crippen molar-refractivity contribution in [3.8, 4) is 0 Å². The Morgan fingerprint density at radius 2 is 0.966 bits per heavy atom. The minimum Gasteiger partial charge on any atom is -1.00 e. The number of halogens is 2. The summed E-state index contributed by atoms with van der Waals surface area (Å²) in [4.78, 5) is 0. The fraction of sp³-hybridized carbons (Fsp3) is 0.692. The molecule has 5 aliphatic rings. The van der Waals surface area contributed by atoms with Crippen LogP contribution in [0.2, 0.25) is 15.5 Å². The summed E-state index contributed by atoms with van der Waals surface area (Å²) in [5.74, 6) is 3.67. The Kier molecular flexibility index (Phi) is 7.57. The molecule has 0 bridgehead atoms. The van der Waals surface area contributed by atoms with Crippen molar-refractivity contribution in [2.24, 2.45) is 23.7 Å². The molecule has 0 N–H and O–H groups in total. The summed E-state index contributed by atoms with van der Waals surface area (Å²) < 4.78 is 5.74. The smallest absolute Gasteiger partial charge is 1.00 e. The standard InChI is InChI=1S/2C11H15.C4H8.2ClH.Zr/c2*1-8-6-7-9(2)11-5-3-4-10(8)11;1-3-4-2;;;/h2*4,6-7,10-11H,3,5H2,1-2H3;1-4H2;2*1H;/q;;;;;+2/p-2. The summed E-state index contributed by atoms with van der Waals surface area (Å²) in [7, 11) is 0. The van der Waals surface area contributed by atoms with Gasteiger partial charge in [-0.1, -0.05) is 0 Å². The van der Waals surface area contributed by atoms with Gasteiger partial charge in [0, 0.05) is 0 Å². The van der Waals surface area contributed by atoms with Gasteiger partial charge in [0.05, 0.1) is 0 Å². The maximum absolute atomic E-state index is 2.50. The molecule has 0 nitrogen and oxygen atoms in total. The van der Waals surface area contributed by atoms with Crippen LogP contribution in [0.1, 0.15) is 66.2 Å². The molecule has 29 heavy (non-hydrogen) atoms. The van der Waals surface area contributed by atoms with Crippen LogP contribution in [0.4, 0.5) is 0 Å². The van der Waals surface area contributed by atoms with Crippen LogP contribution in [-0.4, -0.2) is 0 Å². The van der Waals surface area contributed by atoms with Crippen molar-refractivity contribution < 1.29 is 45.1 Å². The minimum absolute atomic E-state index is 0. The Morgan fingerprint density at radius 3 is 1.38 bits per heavy atom. The van der Waals surface area contributed by atoms with E-state index in [0.29, 0.717) is 0 Å². The van der Waals surface area contributed by atoms with Gasteiger partial charge in [-0.15, -0.1) is 0 Å². The summed E-state index contributed by atoms with van der Waals surface area (Å²) in [5, 5.41) is 0. The normalized spacial score (nSPS) is 38.8. The molecule has 0 radical (unpaired) electrons. The zero-order valence-corrected chi connectivity index (χ0v) is 22.7. The van der Waals surface area contributed by atoms with Crippen LogP contribution in [0.15, 0.2) is 46.6 Å². The van der Waals surface area contributed by atoms with Crippen molar-refractivity contribution in [3.05, 3.63) is 46.6 Å². The van der Waals surface area contributed by atoms with Crippen LogP contribution < -0.4 is 24.8 Å². The first-order chi connectivity index (χ1) is 13.0. The van der Waals surface area contributed by atoms with Gasteiger partial charge in [0.25, 0.3) is 0 Å². The molecule has 2 saturated carbocycles. The fourth-order valence-electron chi connectivity index (χ4n) is 8.62. The Hall–Kier alpha value is 0.423. The first-order valence-electron chi connectivity index (χ1n) is 11.7. The van der Waals surface area contributed by atoms with Crippen LogP contribution in [-0.2, 0) is 20.3 Å². The summed E-state index contributed by atoms with van der Waals surface area (Å²) in [5.41, 5.74) is 6.89. The first kappa shape index (κ1) is 24.1. The van der Waals surface area contributed by atoms with E-state index in [-0.39, 0.29) is 24.8 Å². The maximum atomic E-state index is 2.50. The van der Waals surface area contributed by atoms with Crippen molar-refractivity contribution in [2.75, 3.05) is 0 Å². The minimum atomic E-state index is -2.23. The topological polar surface area (TPSA) is 0 Å². The molecule has 3 fully saturated rings. The molecule has 6 unspecified atom stereocenters. The zero-order valence-electron chi connectivity index (χ0n) is 18.7. The molecule has 3 heteroatoms. The number of rotatable bonds is 2. The van der Waals surface area contributed by atoms with E-state index in [9.17, 15) is 0 Å². The van der Waals surface area contributed by atoms with Gasteiger partial charge in [-0.05, 0) is 0 Å². The van der Waals surface area contributed by atoms with Crippen molar-refractivity contribution in [1.82, 2.24) is 0 Å². The second-order valence-electron chi connectivity index (χ2n) is 10.7. The molecule has 1 aliphatic heterocycles. The summed E-state index contributed by atoms with van der Waals surface area (Å²) >= 11 is -2.23. The third-order valence-electron chi connectivity index (χ3n) is 9.76. The fourth-order valence-corrected chi connectivity index (χ4v) is 28.3. The van der Waals surface area contributed by atoms with Gasteiger partial charge in [-0.25, -0.2) is 0 Å². The van der Waals surface area contributed by atoms with Crippen molar-refractivity contribution >= 4 is 0 Å². The number of hydrogen-bond acceptors (Lipinski definition) is 0.